The Morgan fingerprint density at radius 2 is 1.69 bits per heavy atom. The number of nitrogens with one attached hydrogen (secondary N) is 1. The molecule has 0 aromatic heterocycles. The summed E-state index contributed by atoms with van der Waals surface area (Å²) in [6.45, 7) is 1.78. The van der Waals surface area contributed by atoms with Crippen molar-refractivity contribution in [1.82, 2.24) is 10.2 Å². The molecule has 0 saturated carbocycles. The maximum atomic E-state index is 12.9. The average molecular weight is 356 g/mol. The lowest BCUT2D eigenvalue weighted by atomic mass is 10.1. The Kier molecular flexibility index (Phi) is 6.60. The van der Waals surface area contributed by atoms with Crippen molar-refractivity contribution < 1.29 is 19.1 Å². The van der Waals surface area contributed by atoms with Crippen molar-refractivity contribution in [3.8, 4) is 11.5 Å². The quantitative estimate of drug-likeness (QED) is 0.828. The van der Waals surface area contributed by atoms with Crippen molar-refractivity contribution in [2.45, 2.75) is 19.5 Å². The molecule has 2 amide bonds. The van der Waals surface area contributed by atoms with E-state index >= 15 is 0 Å². The van der Waals surface area contributed by atoms with Gasteiger partial charge in [-0.25, -0.2) is 0 Å². The summed E-state index contributed by atoms with van der Waals surface area (Å²) in [7, 11) is 4.85. The lowest BCUT2D eigenvalue weighted by Gasteiger charge is -2.25. The molecule has 2 aromatic carbocycles. The molecular weight excluding hydrogens is 332 g/mol. The maximum Gasteiger partial charge on any atom is 0.249 e. The minimum Gasteiger partial charge on any atom is -0.493 e. The Labute approximate surface area is 153 Å². The smallest absolute Gasteiger partial charge is 0.249 e. The zero-order valence-corrected chi connectivity index (χ0v) is 15.5. The number of hydrogen-bond donors (Lipinski definition) is 1. The molecule has 1 unspecified atom stereocenters. The Bertz CT molecular complexity index is 762. The van der Waals surface area contributed by atoms with Gasteiger partial charge in [0.2, 0.25) is 11.8 Å². The summed E-state index contributed by atoms with van der Waals surface area (Å²) in [5.41, 5.74) is 1.64. The highest BCUT2D eigenvalue weighted by atomic mass is 16.5. The van der Waals surface area contributed by atoms with Gasteiger partial charge in [0.1, 0.15) is 6.04 Å². The third-order valence-corrected chi connectivity index (χ3v) is 3.97. The van der Waals surface area contributed by atoms with Crippen LogP contribution in [-0.4, -0.2) is 38.0 Å². The van der Waals surface area contributed by atoms with Crippen LogP contribution in [0.2, 0.25) is 0 Å². The van der Waals surface area contributed by atoms with Crippen LogP contribution in [-0.2, 0) is 16.1 Å². The summed E-state index contributed by atoms with van der Waals surface area (Å²) >= 11 is 0. The highest BCUT2D eigenvalue weighted by Crippen LogP contribution is 2.28. The van der Waals surface area contributed by atoms with Crippen LogP contribution in [0.25, 0.3) is 0 Å². The summed E-state index contributed by atoms with van der Waals surface area (Å²) in [5.74, 6) is 0.783. The van der Waals surface area contributed by atoms with Crippen molar-refractivity contribution >= 4 is 11.8 Å². The monoisotopic (exact) mass is 356 g/mol. The summed E-state index contributed by atoms with van der Waals surface area (Å²) in [6.07, 6.45) is 0. The van der Waals surface area contributed by atoms with Crippen LogP contribution in [0.5, 0.6) is 11.5 Å². The van der Waals surface area contributed by atoms with E-state index in [4.69, 9.17) is 9.47 Å². The molecule has 0 saturated heterocycles. The zero-order valence-electron chi connectivity index (χ0n) is 15.5. The lowest BCUT2D eigenvalue weighted by molar-refractivity contribution is -0.135. The number of rotatable bonds is 7. The Hall–Kier alpha value is -3.02. The van der Waals surface area contributed by atoms with E-state index in [-0.39, 0.29) is 11.8 Å². The van der Waals surface area contributed by atoms with Crippen LogP contribution in [0.1, 0.15) is 24.1 Å². The number of hydrogen-bond acceptors (Lipinski definition) is 4. The molecule has 1 N–H and O–H groups in total. The molecule has 2 rings (SSSR count). The number of carbonyl (C=O) groups excluding carboxylic acids is 2. The number of nitrogens with zero attached hydrogens (tertiary/aromatic N) is 1. The van der Waals surface area contributed by atoms with Crippen LogP contribution in [0, 0.1) is 0 Å². The summed E-state index contributed by atoms with van der Waals surface area (Å²) in [4.78, 5) is 26.0. The first-order chi connectivity index (χ1) is 12.5. The van der Waals surface area contributed by atoms with Crippen LogP contribution >= 0.6 is 0 Å². The SMILES string of the molecule is COc1ccc(CN(C)C(=O)C(NC(C)=O)c2ccccc2)cc1OC. The van der Waals surface area contributed by atoms with Gasteiger partial charge in [0, 0.05) is 20.5 Å². The predicted molar refractivity (Wildman–Crippen MR) is 99.0 cm³/mol. The van der Waals surface area contributed by atoms with Gasteiger partial charge in [0.15, 0.2) is 11.5 Å². The van der Waals surface area contributed by atoms with Crippen molar-refractivity contribution in [3.05, 3.63) is 59.7 Å². The molecule has 6 heteroatoms. The molecule has 0 aliphatic heterocycles. The number of amides is 2. The molecule has 2 aromatic rings. The number of likely N-dealkylation sites (N-methyl/N-ethyl adjacent to an activating group) is 1. The van der Waals surface area contributed by atoms with E-state index in [1.807, 2.05) is 42.5 Å². The van der Waals surface area contributed by atoms with E-state index < -0.39 is 6.04 Å². The van der Waals surface area contributed by atoms with E-state index in [0.29, 0.717) is 18.0 Å². The number of benzene rings is 2. The van der Waals surface area contributed by atoms with E-state index in [2.05, 4.69) is 5.32 Å². The molecule has 0 fully saturated rings. The molecule has 138 valence electrons. The molecule has 0 bridgehead atoms. The van der Waals surface area contributed by atoms with Crippen molar-refractivity contribution in [3.63, 3.8) is 0 Å². The van der Waals surface area contributed by atoms with Crippen LogP contribution < -0.4 is 14.8 Å². The van der Waals surface area contributed by atoms with Gasteiger partial charge in [0.25, 0.3) is 0 Å². The highest BCUT2D eigenvalue weighted by Gasteiger charge is 2.24. The summed E-state index contributed by atoms with van der Waals surface area (Å²) in [5, 5.41) is 2.73. The second kappa shape index (κ2) is 8.89. The van der Waals surface area contributed by atoms with Gasteiger partial charge in [-0.3, -0.25) is 9.59 Å². The maximum absolute atomic E-state index is 12.9. The first kappa shape index (κ1) is 19.3. The normalized spacial score (nSPS) is 11.4. The average Bonchev–Trinajstić information content (AvgIpc) is 2.65. The molecule has 6 nitrogen and oxygen atoms in total. The van der Waals surface area contributed by atoms with Gasteiger partial charge in [-0.1, -0.05) is 36.4 Å². The predicted octanol–water partition coefficient (Wildman–Crippen LogP) is 2.54. The minimum atomic E-state index is -0.723. The molecule has 1 atom stereocenters. The van der Waals surface area contributed by atoms with Gasteiger partial charge < -0.3 is 19.7 Å². The molecular formula is C20H24N2O4. The van der Waals surface area contributed by atoms with Gasteiger partial charge in [-0.15, -0.1) is 0 Å². The second-order valence-electron chi connectivity index (χ2n) is 5.93. The zero-order chi connectivity index (χ0) is 19.1. The van der Waals surface area contributed by atoms with E-state index in [1.54, 1.807) is 32.2 Å². The van der Waals surface area contributed by atoms with Crippen LogP contribution in [0.15, 0.2) is 48.5 Å². The molecule has 0 aliphatic carbocycles. The third-order valence-electron chi connectivity index (χ3n) is 3.97. The number of ether oxygens (including phenoxy) is 2. The van der Waals surface area contributed by atoms with Crippen molar-refractivity contribution in [2.24, 2.45) is 0 Å². The fraction of sp³-hybridized carbons (Fsp3) is 0.300. The van der Waals surface area contributed by atoms with E-state index in [1.165, 1.54) is 6.92 Å². The third kappa shape index (κ3) is 4.75. The fourth-order valence-electron chi connectivity index (χ4n) is 2.69. The Morgan fingerprint density at radius 1 is 1.04 bits per heavy atom. The largest absolute Gasteiger partial charge is 0.493 e. The molecule has 0 radical (unpaired) electrons. The fourth-order valence-corrected chi connectivity index (χ4v) is 2.69. The topological polar surface area (TPSA) is 67.9 Å². The molecule has 0 heterocycles. The minimum absolute atomic E-state index is 0.193. The second-order valence-corrected chi connectivity index (χ2v) is 5.93. The number of carbonyl (C=O) groups is 2. The van der Waals surface area contributed by atoms with Crippen LogP contribution in [0.4, 0.5) is 0 Å². The van der Waals surface area contributed by atoms with Gasteiger partial charge in [-0.05, 0) is 23.3 Å². The summed E-state index contributed by atoms with van der Waals surface area (Å²) < 4.78 is 10.5. The Morgan fingerprint density at radius 3 is 2.27 bits per heavy atom. The first-order valence-corrected chi connectivity index (χ1v) is 8.24. The molecule has 0 aliphatic rings. The highest BCUT2D eigenvalue weighted by molar-refractivity contribution is 5.87. The molecule has 0 spiro atoms. The van der Waals surface area contributed by atoms with E-state index in [9.17, 15) is 9.59 Å². The molecule has 26 heavy (non-hydrogen) atoms. The van der Waals surface area contributed by atoms with Gasteiger partial charge in [-0.2, -0.15) is 0 Å². The van der Waals surface area contributed by atoms with Crippen molar-refractivity contribution in [1.29, 1.82) is 0 Å². The van der Waals surface area contributed by atoms with E-state index in [0.717, 1.165) is 11.1 Å². The van der Waals surface area contributed by atoms with Gasteiger partial charge in [0.05, 0.1) is 14.2 Å². The standard InChI is InChI=1S/C20H24N2O4/c1-14(23)21-19(16-8-6-5-7-9-16)20(24)22(2)13-15-10-11-17(25-3)18(12-15)26-4/h5-12,19H,13H2,1-4H3,(H,21,23). The number of methoxy groups -OCH3 is 2. The lowest BCUT2D eigenvalue weighted by Crippen LogP contribution is -2.40. The van der Waals surface area contributed by atoms with Crippen LogP contribution in [0.3, 0.4) is 0 Å². The first-order valence-electron chi connectivity index (χ1n) is 8.24. The Balaban J connectivity index is 2.19. The van der Waals surface area contributed by atoms with Crippen molar-refractivity contribution in [2.75, 3.05) is 21.3 Å². The summed E-state index contributed by atoms with van der Waals surface area (Å²) in [6, 6.07) is 14.0. The van der Waals surface area contributed by atoms with Gasteiger partial charge >= 0.3 is 0 Å².